The van der Waals surface area contributed by atoms with Crippen LogP contribution >= 0.6 is 0 Å². The molecule has 0 radical (unpaired) electrons. The Kier molecular flexibility index (Phi) is 3.31. The van der Waals surface area contributed by atoms with Gasteiger partial charge in [0.1, 0.15) is 11.6 Å². The predicted octanol–water partition coefficient (Wildman–Crippen LogP) is 2.68. The molecule has 0 spiro atoms. The van der Waals surface area contributed by atoms with E-state index in [4.69, 9.17) is 0 Å². The predicted molar refractivity (Wildman–Crippen MR) is 61.2 cm³/mol. The standard InChI is InChI=1S/C11H9F3N4/c1-15-11-16-3-2-9(18-11)17-8-5-6(12)4-7(13)10(8)14/h2-5H,1H3,(H2,15,16,17,18). The highest BCUT2D eigenvalue weighted by atomic mass is 19.2. The number of benzene rings is 1. The summed E-state index contributed by atoms with van der Waals surface area (Å²) in [6.45, 7) is 0. The van der Waals surface area contributed by atoms with Crippen LogP contribution in [0.4, 0.5) is 30.6 Å². The summed E-state index contributed by atoms with van der Waals surface area (Å²) < 4.78 is 39.3. The number of nitrogens with one attached hydrogen (secondary N) is 2. The number of anilines is 3. The van der Waals surface area contributed by atoms with Gasteiger partial charge in [-0.2, -0.15) is 4.98 Å². The van der Waals surface area contributed by atoms with Crippen LogP contribution in [-0.2, 0) is 0 Å². The molecule has 94 valence electrons. The summed E-state index contributed by atoms with van der Waals surface area (Å²) in [6.07, 6.45) is 1.43. The molecule has 4 nitrogen and oxygen atoms in total. The minimum atomic E-state index is -1.26. The molecule has 1 aromatic carbocycles. The van der Waals surface area contributed by atoms with Gasteiger partial charge in [0, 0.05) is 25.4 Å². The van der Waals surface area contributed by atoms with E-state index < -0.39 is 17.5 Å². The molecule has 0 atom stereocenters. The lowest BCUT2D eigenvalue weighted by molar-refractivity contribution is 0.498. The molecule has 2 rings (SSSR count). The molecule has 0 amide bonds. The molecule has 1 heterocycles. The molecule has 0 saturated heterocycles. The lowest BCUT2D eigenvalue weighted by Gasteiger charge is -2.08. The van der Waals surface area contributed by atoms with Gasteiger partial charge in [-0.1, -0.05) is 0 Å². The van der Waals surface area contributed by atoms with E-state index >= 15 is 0 Å². The minimum Gasteiger partial charge on any atom is -0.357 e. The van der Waals surface area contributed by atoms with Gasteiger partial charge in [0.25, 0.3) is 0 Å². The Balaban J connectivity index is 2.33. The molecule has 0 fully saturated rings. The van der Waals surface area contributed by atoms with Gasteiger partial charge in [-0.15, -0.1) is 0 Å². The Morgan fingerprint density at radius 3 is 2.67 bits per heavy atom. The maximum absolute atomic E-state index is 13.4. The van der Waals surface area contributed by atoms with Gasteiger partial charge in [-0.3, -0.25) is 0 Å². The van der Waals surface area contributed by atoms with E-state index in [0.717, 1.165) is 6.07 Å². The fourth-order valence-electron chi connectivity index (χ4n) is 1.33. The summed E-state index contributed by atoms with van der Waals surface area (Å²) in [6, 6.07) is 2.77. The van der Waals surface area contributed by atoms with E-state index in [1.165, 1.54) is 12.3 Å². The second-order valence-corrected chi connectivity index (χ2v) is 3.39. The van der Waals surface area contributed by atoms with Gasteiger partial charge in [0.05, 0.1) is 5.69 Å². The number of halogens is 3. The Hall–Kier alpha value is -2.31. The highest BCUT2D eigenvalue weighted by Gasteiger charge is 2.11. The van der Waals surface area contributed by atoms with Crippen molar-refractivity contribution in [3.8, 4) is 0 Å². The summed E-state index contributed by atoms with van der Waals surface area (Å²) in [5.74, 6) is -2.78. The number of hydrogen-bond acceptors (Lipinski definition) is 4. The first kappa shape index (κ1) is 12.2. The minimum absolute atomic E-state index is 0.221. The zero-order chi connectivity index (χ0) is 13.1. The van der Waals surface area contributed by atoms with E-state index in [9.17, 15) is 13.2 Å². The van der Waals surface area contributed by atoms with E-state index in [1.807, 2.05) is 0 Å². The fraction of sp³-hybridized carbons (Fsp3) is 0.0909. The van der Waals surface area contributed by atoms with Gasteiger partial charge in [-0.25, -0.2) is 18.2 Å². The number of rotatable bonds is 3. The molecule has 7 heteroatoms. The van der Waals surface area contributed by atoms with Crippen LogP contribution in [0.3, 0.4) is 0 Å². The Morgan fingerprint density at radius 1 is 1.17 bits per heavy atom. The quantitative estimate of drug-likeness (QED) is 0.827. The van der Waals surface area contributed by atoms with Crippen molar-refractivity contribution in [2.45, 2.75) is 0 Å². The van der Waals surface area contributed by atoms with Gasteiger partial charge in [0.15, 0.2) is 11.6 Å². The van der Waals surface area contributed by atoms with Crippen LogP contribution in [0.5, 0.6) is 0 Å². The van der Waals surface area contributed by atoms with E-state index in [0.29, 0.717) is 12.0 Å². The van der Waals surface area contributed by atoms with Crippen LogP contribution in [0.2, 0.25) is 0 Å². The molecule has 2 aromatic rings. The van der Waals surface area contributed by atoms with E-state index in [2.05, 4.69) is 20.6 Å². The molecule has 0 saturated carbocycles. The van der Waals surface area contributed by atoms with Gasteiger partial charge in [0.2, 0.25) is 5.95 Å². The van der Waals surface area contributed by atoms with Crippen molar-refractivity contribution in [1.82, 2.24) is 9.97 Å². The summed E-state index contributed by atoms with van der Waals surface area (Å²) >= 11 is 0. The number of hydrogen-bond donors (Lipinski definition) is 2. The Labute approximate surface area is 101 Å². The third-order valence-corrected chi connectivity index (χ3v) is 2.13. The van der Waals surface area contributed by atoms with Crippen molar-refractivity contribution < 1.29 is 13.2 Å². The average Bonchev–Trinajstić information content (AvgIpc) is 2.35. The second kappa shape index (κ2) is 4.91. The molecular weight excluding hydrogens is 245 g/mol. The molecular formula is C11H9F3N4. The Bertz CT molecular complexity index is 574. The van der Waals surface area contributed by atoms with Crippen molar-refractivity contribution in [2.24, 2.45) is 0 Å². The van der Waals surface area contributed by atoms with Gasteiger partial charge < -0.3 is 10.6 Å². The second-order valence-electron chi connectivity index (χ2n) is 3.39. The lowest BCUT2D eigenvalue weighted by atomic mass is 10.3. The molecule has 1 aromatic heterocycles. The van der Waals surface area contributed by atoms with E-state index in [-0.39, 0.29) is 11.5 Å². The van der Waals surface area contributed by atoms with E-state index in [1.54, 1.807) is 7.05 Å². The maximum atomic E-state index is 13.4. The highest BCUT2D eigenvalue weighted by molar-refractivity contribution is 5.57. The molecule has 0 aliphatic heterocycles. The first-order valence-electron chi connectivity index (χ1n) is 5.02. The largest absolute Gasteiger partial charge is 0.357 e. The number of aromatic nitrogens is 2. The molecule has 2 N–H and O–H groups in total. The first-order valence-corrected chi connectivity index (χ1v) is 5.02. The summed E-state index contributed by atoms with van der Waals surface area (Å²) in [5, 5.41) is 5.17. The SMILES string of the molecule is CNc1nccc(Nc2cc(F)cc(F)c2F)n1. The van der Waals surface area contributed by atoms with Crippen molar-refractivity contribution in [1.29, 1.82) is 0 Å². The first-order chi connectivity index (χ1) is 8.60. The zero-order valence-corrected chi connectivity index (χ0v) is 9.34. The van der Waals surface area contributed by atoms with Crippen molar-refractivity contribution >= 4 is 17.5 Å². The topological polar surface area (TPSA) is 49.8 Å². The molecule has 0 aliphatic carbocycles. The fourth-order valence-corrected chi connectivity index (χ4v) is 1.33. The van der Waals surface area contributed by atoms with Crippen LogP contribution in [0, 0.1) is 17.5 Å². The maximum Gasteiger partial charge on any atom is 0.224 e. The van der Waals surface area contributed by atoms with Crippen LogP contribution in [0.15, 0.2) is 24.4 Å². The molecule has 0 bridgehead atoms. The summed E-state index contributed by atoms with van der Waals surface area (Å²) in [4.78, 5) is 7.79. The van der Waals surface area contributed by atoms with Gasteiger partial charge in [-0.05, 0) is 6.07 Å². The highest BCUT2D eigenvalue weighted by Crippen LogP contribution is 2.22. The molecule has 0 aliphatic rings. The average molecular weight is 254 g/mol. The van der Waals surface area contributed by atoms with Crippen molar-refractivity contribution in [3.05, 3.63) is 41.8 Å². The van der Waals surface area contributed by atoms with Gasteiger partial charge >= 0.3 is 0 Å². The van der Waals surface area contributed by atoms with Crippen LogP contribution in [0.1, 0.15) is 0 Å². The monoisotopic (exact) mass is 254 g/mol. The number of nitrogens with zero attached hydrogens (tertiary/aromatic N) is 2. The lowest BCUT2D eigenvalue weighted by Crippen LogP contribution is -2.02. The molecule has 0 unspecified atom stereocenters. The third-order valence-electron chi connectivity index (χ3n) is 2.13. The van der Waals surface area contributed by atoms with Crippen LogP contribution in [0.25, 0.3) is 0 Å². The normalized spacial score (nSPS) is 10.2. The van der Waals surface area contributed by atoms with Crippen LogP contribution in [-0.4, -0.2) is 17.0 Å². The van der Waals surface area contributed by atoms with Crippen molar-refractivity contribution in [3.63, 3.8) is 0 Å². The summed E-state index contributed by atoms with van der Waals surface area (Å²) in [7, 11) is 1.61. The third kappa shape index (κ3) is 2.50. The summed E-state index contributed by atoms with van der Waals surface area (Å²) in [5.41, 5.74) is -0.326. The molecule has 18 heavy (non-hydrogen) atoms. The Morgan fingerprint density at radius 2 is 1.94 bits per heavy atom. The zero-order valence-electron chi connectivity index (χ0n) is 9.34. The van der Waals surface area contributed by atoms with Crippen LogP contribution < -0.4 is 10.6 Å². The van der Waals surface area contributed by atoms with Crippen molar-refractivity contribution in [2.75, 3.05) is 17.7 Å². The smallest absolute Gasteiger partial charge is 0.224 e.